The summed E-state index contributed by atoms with van der Waals surface area (Å²) in [5, 5.41) is 0.571. The number of benzene rings is 1. The molecule has 0 saturated carbocycles. The van der Waals surface area contributed by atoms with E-state index in [2.05, 4.69) is 4.98 Å². The third kappa shape index (κ3) is 2.08. The molecule has 0 bridgehead atoms. The summed E-state index contributed by atoms with van der Waals surface area (Å²) in [5.74, 6) is 0.799. The number of nitrogen functional groups attached to an aromatic ring is 1. The molecule has 0 unspecified atom stereocenters. The number of anilines is 1. The summed E-state index contributed by atoms with van der Waals surface area (Å²) in [6, 6.07) is 11.3. The van der Waals surface area contributed by atoms with Crippen LogP contribution in [0.15, 0.2) is 42.6 Å². The molecule has 0 aliphatic rings. The number of aromatic nitrogens is 2. The van der Waals surface area contributed by atoms with Gasteiger partial charge in [-0.05, 0) is 31.2 Å². The zero-order valence-corrected chi connectivity index (χ0v) is 11.8. The lowest BCUT2D eigenvalue weighted by molar-refractivity contribution is 0.341. The van der Waals surface area contributed by atoms with Crippen LogP contribution in [0.25, 0.3) is 16.9 Å². The second kappa shape index (κ2) is 5.06. The average molecular weight is 288 g/mol. The van der Waals surface area contributed by atoms with E-state index >= 15 is 0 Å². The lowest BCUT2D eigenvalue weighted by atomic mass is 10.1. The Bertz CT molecular complexity index is 728. The third-order valence-corrected chi connectivity index (χ3v) is 3.37. The van der Waals surface area contributed by atoms with Gasteiger partial charge >= 0.3 is 0 Å². The number of imidazole rings is 1. The minimum absolute atomic E-state index is 0.571. The fraction of sp³-hybridized carbons (Fsp3) is 0.133. The van der Waals surface area contributed by atoms with Crippen LogP contribution in [-0.2, 0) is 0 Å². The molecule has 3 rings (SSSR count). The molecule has 0 atom stereocenters. The summed E-state index contributed by atoms with van der Waals surface area (Å²) in [6.07, 6.45) is 1.87. The van der Waals surface area contributed by atoms with Gasteiger partial charge in [0.15, 0.2) is 5.65 Å². The van der Waals surface area contributed by atoms with Crippen LogP contribution in [0, 0.1) is 0 Å². The Morgan fingerprint density at radius 1 is 1.25 bits per heavy atom. The van der Waals surface area contributed by atoms with Crippen LogP contribution in [0.2, 0.25) is 5.15 Å². The van der Waals surface area contributed by atoms with Crippen LogP contribution in [0.4, 0.5) is 5.69 Å². The Labute approximate surface area is 121 Å². The van der Waals surface area contributed by atoms with Crippen LogP contribution in [0.3, 0.4) is 0 Å². The third-order valence-electron chi connectivity index (χ3n) is 3.06. The Hall–Kier alpha value is -2.20. The standard InChI is InChI=1S/C15H14ClN3O/c1-2-20-13-6-4-3-5-10(13)12-9-19-14(16)8-7-11(17)15(19)18-12/h3-9H,2,17H2,1H3. The number of nitrogens with zero attached hydrogens (tertiary/aromatic N) is 2. The summed E-state index contributed by atoms with van der Waals surface area (Å²) >= 11 is 6.17. The Balaban J connectivity index is 2.20. The number of pyridine rings is 1. The highest BCUT2D eigenvalue weighted by Crippen LogP contribution is 2.31. The van der Waals surface area contributed by atoms with Gasteiger partial charge in [0.25, 0.3) is 0 Å². The number of hydrogen-bond donors (Lipinski definition) is 1. The number of halogens is 1. The van der Waals surface area contributed by atoms with Crippen molar-refractivity contribution in [2.45, 2.75) is 6.92 Å². The van der Waals surface area contributed by atoms with Gasteiger partial charge < -0.3 is 10.5 Å². The summed E-state index contributed by atoms with van der Waals surface area (Å²) in [4.78, 5) is 4.56. The molecule has 0 amide bonds. The van der Waals surface area contributed by atoms with Crippen molar-refractivity contribution < 1.29 is 4.74 Å². The van der Waals surface area contributed by atoms with Gasteiger partial charge in [-0.3, -0.25) is 4.40 Å². The number of hydrogen-bond acceptors (Lipinski definition) is 3. The molecule has 20 heavy (non-hydrogen) atoms. The van der Waals surface area contributed by atoms with E-state index in [-0.39, 0.29) is 0 Å². The van der Waals surface area contributed by atoms with E-state index in [1.807, 2.05) is 37.4 Å². The molecule has 3 aromatic rings. The molecular formula is C15H14ClN3O. The molecule has 2 aromatic heterocycles. The van der Waals surface area contributed by atoms with Gasteiger partial charge in [-0.1, -0.05) is 23.7 Å². The molecule has 2 N–H and O–H groups in total. The van der Waals surface area contributed by atoms with E-state index in [1.165, 1.54) is 0 Å². The van der Waals surface area contributed by atoms with Crippen molar-refractivity contribution in [1.82, 2.24) is 9.38 Å². The highest BCUT2D eigenvalue weighted by Gasteiger charge is 2.12. The summed E-state index contributed by atoms with van der Waals surface area (Å²) in [5.41, 5.74) is 8.89. The molecule has 0 saturated heterocycles. The van der Waals surface area contributed by atoms with E-state index in [1.54, 1.807) is 16.5 Å². The first-order valence-corrected chi connectivity index (χ1v) is 6.73. The molecule has 0 aliphatic heterocycles. The zero-order chi connectivity index (χ0) is 14.1. The number of para-hydroxylation sites is 1. The summed E-state index contributed by atoms with van der Waals surface area (Å²) in [7, 11) is 0. The molecule has 102 valence electrons. The smallest absolute Gasteiger partial charge is 0.161 e. The second-order valence-electron chi connectivity index (χ2n) is 4.36. The quantitative estimate of drug-likeness (QED) is 0.748. The lowest BCUT2D eigenvalue weighted by Crippen LogP contribution is -1.93. The van der Waals surface area contributed by atoms with Crippen molar-refractivity contribution in [3.63, 3.8) is 0 Å². The van der Waals surface area contributed by atoms with Crippen LogP contribution in [-0.4, -0.2) is 16.0 Å². The molecule has 5 heteroatoms. The maximum atomic E-state index is 6.17. The number of fused-ring (bicyclic) bond motifs is 1. The predicted molar refractivity (Wildman–Crippen MR) is 81.2 cm³/mol. The summed E-state index contributed by atoms with van der Waals surface area (Å²) in [6.45, 7) is 2.56. The first-order valence-electron chi connectivity index (χ1n) is 6.36. The van der Waals surface area contributed by atoms with Crippen LogP contribution >= 0.6 is 11.6 Å². The Kier molecular flexibility index (Phi) is 3.24. The number of nitrogens with two attached hydrogens (primary N) is 1. The predicted octanol–water partition coefficient (Wildman–Crippen LogP) is 3.64. The Morgan fingerprint density at radius 2 is 2.05 bits per heavy atom. The molecule has 0 spiro atoms. The molecule has 0 radical (unpaired) electrons. The lowest BCUT2D eigenvalue weighted by Gasteiger charge is -2.07. The second-order valence-corrected chi connectivity index (χ2v) is 4.75. The van der Waals surface area contributed by atoms with Crippen molar-refractivity contribution in [3.05, 3.63) is 47.7 Å². The van der Waals surface area contributed by atoms with Crippen molar-refractivity contribution in [2.75, 3.05) is 12.3 Å². The minimum atomic E-state index is 0.571. The van der Waals surface area contributed by atoms with Gasteiger partial charge in [-0.15, -0.1) is 0 Å². The highest BCUT2D eigenvalue weighted by molar-refractivity contribution is 6.30. The van der Waals surface area contributed by atoms with E-state index in [4.69, 9.17) is 22.1 Å². The number of ether oxygens (including phenoxy) is 1. The molecular weight excluding hydrogens is 274 g/mol. The monoisotopic (exact) mass is 287 g/mol. The highest BCUT2D eigenvalue weighted by atomic mass is 35.5. The van der Waals surface area contributed by atoms with Gasteiger partial charge in [-0.25, -0.2) is 4.98 Å². The average Bonchev–Trinajstić information content (AvgIpc) is 2.90. The largest absolute Gasteiger partial charge is 0.493 e. The SMILES string of the molecule is CCOc1ccccc1-c1cn2c(Cl)ccc(N)c2n1. The normalized spacial score (nSPS) is 10.9. The van der Waals surface area contributed by atoms with Gasteiger partial charge in [0.05, 0.1) is 18.0 Å². The fourth-order valence-electron chi connectivity index (χ4n) is 2.15. The summed E-state index contributed by atoms with van der Waals surface area (Å²) < 4.78 is 7.41. The minimum Gasteiger partial charge on any atom is -0.493 e. The zero-order valence-electron chi connectivity index (χ0n) is 11.0. The number of rotatable bonds is 3. The van der Waals surface area contributed by atoms with Crippen molar-refractivity contribution in [1.29, 1.82) is 0 Å². The molecule has 1 aromatic carbocycles. The topological polar surface area (TPSA) is 52.5 Å². The van der Waals surface area contributed by atoms with Gasteiger partial charge in [-0.2, -0.15) is 0 Å². The van der Waals surface area contributed by atoms with Crippen LogP contribution < -0.4 is 10.5 Å². The first-order chi connectivity index (χ1) is 9.70. The molecule has 4 nitrogen and oxygen atoms in total. The first kappa shape index (κ1) is 12.8. The van der Waals surface area contributed by atoms with Gasteiger partial charge in [0.1, 0.15) is 10.9 Å². The maximum absolute atomic E-state index is 6.17. The van der Waals surface area contributed by atoms with Crippen molar-refractivity contribution in [3.8, 4) is 17.0 Å². The van der Waals surface area contributed by atoms with Crippen molar-refractivity contribution >= 4 is 22.9 Å². The maximum Gasteiger partial charge on any atom is 0.161 e. The Morgan fingerprint density at radius 3 is 2.80 bits per heavy atom. The molecule has 0 aliphatic carbocycles. The fourth-order valence-corrected chi connectivity index (χ4v) is 2.34. The van der Waals surface area contributed by atoms with Gasteiger partial charge in [0.2, 0.25) is 0 Å². The van der Waals surface area contributed by atoms with Gasteiger partial charge in [0, 0.05) is 11.8 Å². The van der Waals surface area contributed by atoms with E-state index in [9.17, 15) is 0 Å². The van der Waals surface area contributed by atoms with Crippen LogP contribution in [0.1, 0.15) is 6.92 Å². The van der Waals surface area contributed by atoms with Crippen LogP contribution in [0.5, 0.6) is 5.75 Å². The van der Waals surface area contributed by atoms with E-state index in [0.29, 0.717) is 23.1 Å². The molecule has 0 fully saturated rings. The van der Waals surface area contributed by atoms with E-state index in [0.717, 1.165) is 17.0 Å². The van der Waals surface area contributed by atoms with Crippen molar-refractivity contribution in [2.24, 2.45) is 0 Å². The molecule has 2 heterocycles. The van der Waals surface area contributed by atoms with E-state index < -0.39 is 0 Å².